The second kappa shape index (κ2) is 2.50. The fourth-order valence-electron chi connectivity index (χ4n) is 0.648. The molecule has 0 aromatic rings. The Morgan fingerprint density at radius 2 is 2.27 bits per heavy atom. The van der Waals surface area contributed by atoms with Crippen LogP contribution >= 0.6 is 0 Å². The highest BCUT2D eigenvalue weighted by atomic mass is 16.7. The molecule has 62 valence electrons. The fraction of sp³-hybridized carbons (Fsp3) is 0.667. The van der Waals surface area contributed by atoms with Crippen LogP contribution in [0.3, 0.4) is 0 Å². The predicted octanol–water partition coefficient (Wildman–Crippen LogP) is -0.597. The Balaban J connectivity index is 2.58. The van der Waals surface area contributed by atoms with Crippen LogP contribution in [0.2, 0.25) is 0 Å². The van der Waals surface area contributed by atoms with E-state index in [1.165, 1.54) is 0 Å². The molecule has 1 unspecified atom stereocenters. The van der Waals surface area contributed by atoms with Gasteiger partial charge in [0.2, 0.25) is 0 Å². The van der Waals surface area contributed by atoms with Crippen LogP contribution in [-0.2, 0) is 19.1 Å². The number of rotatable bonds is 3. The molecule has 1 rings (SSSR count). The molecule has 0 bridgehead atoms. The molecule has 5 heteroatoms. The molecule has 5 nitrogen and oxygen atoms in total. The highest BCUT2D eigenvalue weighted by Crippen LogP contribution is 2.28. The number of epoxide rings is 1. The van der Waals surface area contributed by atoms with Crippen LogP contribution in [0.15, 0.2) is 0 Å². The molecular weight excluding hydrogens is 152 g/mol. The Bertz CT molecular complexity index is 193. The molecule has 0 radical (unpaired) electrons. The van der Waals surface area contributed by atoms with E-state index < -0.39 is 17.5 Å². The van der Waals surface area contributed by atoms with E-state index in [9.17, 15) is 9.59 Å². The van der Waals surface area contributed by atoms with Crippen molar-refractivity contribution in [2.24, 2.45) is 0 Å². The summed E-state index contributed by atoms with van der Waals surface area (Å²) in [5, 5.41) is 8.47. The van der Waals surface area contributed by atoms with Gasteiger partial charge in [-0.1, -0.05) is 0 Å². The number of hydrogen-bond acceptors (Lipinski definition) is 4. The summed E-state index contributed by atoms with van der Waals surface area (Å²) in [4.78, 5) is 21.2. The summed E-state index contributed by atoms with van der Waals surface area (Å²) in [6.07, 6.45) is 0. The zero-order chi connectivity index (χ0) is 8.48. The van der Waals surface area contributed by atoms with Crippen molar-refractivity contribution in [3.8, 4) is 0 Å². The normalized spacial score (nSPS) is 27.7. The van der Waals surface area contributed by atoms with Gasteiger partial charge in [0.15, 0.2) is 0 Å². The second-order valence-electron chi connectivity index (χ2n) is 2.14. The van der Waals surface area contributed by atoms with Gasteiger partial charge in [-0.05, 0) is 6.92 Å². The van der Waals surface area contributed by atoms with Gasteiger partial charge in [0.05, 0.1) is 6.61 Å². The summed E-state index contributed by atoms with van der Waals surface area (Å²) in [5.74, 6) is -2.09. The second-order valence-corrected chi connectivity index (χ2v) is 2.14. The zero-order valence-corrected chi connectivity index (χ0v) is 5.99. The summed E-state index contributed by atoms with van der Waals surface area (Å²) in [5.41, 5.74) is -1.68. The first-order valence-electron chi connectivity index (χ1n) is 3.18. The van der Waals surface area contributed by atoms with Crippen molar-refractivity contribution in [2.75, 3.05) is 13.2 Å². The van der Waals surface area contributed by atoms with Gasteiger partial charge in [0, 0.05) is 0 Å². The molecule has 1 heterocycles. The lowest BCUT2D eigenvalue weighted by Gasteiger charge is -2.03. The van der Waals surface area contributed by atoms with Crippen molar-refractivity contribution in [3.05, 3.63) is 0 Å². The number of aliphatic carboxylic acids is 1. The molecule has 1 aliphatic rings. The van der Waals surface area contributed by atoms with E-state index in [2.05, 4.69) is 9.47 Å². The van der Waals surface area contributed by atoms with E-state index in [0.717, 1.165) is 0 Å². The first kappa shape index (κ1) is 8.00. The van der Waals surface area contributed by atoms with Gasteiger partial charge in [-0.2, -0.15) is 0 Å². The van der Waals surface area contributed by atoms with Crippen molar-refractivity contribution in [2.45, 2.75) is 12.5 Å². The summed E-state index contributed by atoms with van der Waals surface area (Å²) in [7, 11) is 0. The van der Waals surface area contributed by atoms with Crippen molar-refractivity contribution in [1.29, 1.82) is 0 Å². The molecule has 0 aliphatic carbocycles. The third-order valence-corrected chi connectivity index (χ3v) is 1.38. The van der Waals surface area contributed by atoms with Crippen molar-refractivity contribution in [3.63, 3.8) is 0 Å². The summed E-state index contributed by atoms with van der Waals surface area (Å²) in [6.45, 7) is 1.69. The van der Waals surface area contributed by atoms with Crippen molar-refractivity contribution >= 4 is 11.9 Å². The van der Waals surface area contributed by atoms with E-state index in [1.807, 2.05) is 0 Å². The van der Waals surface area contributed by atoms with Gasteiger partial charge in [-0.3, -0.25) is 0 Å². The van der Waals surface area contributed by atoms with Gasteiger partial charge in [0.25, 0.3) is 5.60 Å². The first-order valence-corrected chi connectivity index (χ1v) is 3.18. The predicted molar refractivity (Wildman–Crippen MR) is 33.0 cm³/mol. The summed E-state index contributed by atoms with van der Waals surface area (Å²) in [6, 6.07) is 0. The Labute approximate surface area is 62.9 Å². The Morgan fingerprint density at radius 1 is 1.73 bits per heavy atom. The van der Waals surface area contributed by atoms with E-state index >= 15 is 0 Å². The molecule has 0 aromatic heterocycles. The Kier molecular flexibility index (Phi) is 1.82. The molecule has 1 fully saturated rings. The fourth-order valence-corrected chi connectivity index (χ4v) is 0.648. The maximum atomic E-state index is 10.8. The topological polar surface area (TPSA) is 76.1 Å². The van der Waals surface area contributed by atoms with Gasteiger partial charge in [-0.15, -0.1) is 0 Å². The molecule has 0 aromatic carbocycles. The number of carbonyl (C=O) groups is 2. The number of carboxylic acids is 1. The van der Waals surface area contributed by atoms with Crippen LogP contribution < -0.4 is 0 Å². The van der Waals surface area contributed by atoms with Crippen LogP contribution in [0.4, 0.5) is 0 Å². The Morgan fingerprint density at radius 3 is 2.55 bits per heavy atom. The monoisotopic (exact) mass is 160 g/mol. The summed E-state index contributed by atoms with van der Waals surface area (Å²) >= 11 is 0. The molecule has 1 atom stereocenters. The molecular formula is C6H8O5. The van der Waals surface area contributed by atoms with Gasteiger partial charge >= 0.3 is 11.9 Å². The van der Waals surface area contributed by atoms with E-state index in [-0.39, 0.29) is 13.2 Å². The third-order valence-electron chi connectivity index (χ3n) is 1.38. The zero-order valence-electron chi connectivity index (χ0n) is 5.99. The average molecular weight is 160 g/mol. The molecule has 1 aliphatic heterocycles. The van der Waals surface area contributed by atoms with Crippen molar-refractivity contribution < 1.29 is 24.2 Å². The lowest BCUT2D eigenvalue weighted by molar-refractivity contribution is -0.160. The van der Waals surface area contributed by atoms with Gasteiger partial charge < -0.3 is 14.6 Å². The minimum absolute atomic E-state index is 0.0822. The van der Waals surface area contributed by atoms with Crippen LogP contribution in [-0.4, -0.2) is 35.9 Å². The molecule has 11 heavy (non-hydrogen) atoms. The van der Waals surface area contributed by atoms with Crippen LogP contribution in [0.25, 0.3) is 0 Å². The van der Waals surface area contributed by atoms with Crippen LogP contribution in [0.1, 0.15) is 6.92 Å². The highest BCUT2D eigenvalue weighted by molar-refractivity contribution is 6.05. The smallest absolute Gasteiger partial charge is 0.352 e. The van der Waals surface area contributed by atoms with Crippen LogP contribution in [0.5, 0.6) is 0 Å². The van der Waals surface area contributed by atoms with E-state index in [0.29, 0.717) is 0 Å². The van der Waals surface area contributed by atoms with Gasteiger partial charge in [-0.25, -0.2) is 9.59 Å². The van der Waals surface area contributed by atoms with Crippen molar-refractivity contribution in [1.82, 2.24) is 0 Å². The largest absolute Gasteiger partial charge is 0.479 e. The molecule has 1 saturated heterocycles. The number of carbonyl (C=O) groups excluding carboxylic acids is 1. The minimum atomic E-state index is -1.68. The van der Waals surface area contributed by atoms with Crippen LogP contribution in [0, 0.1) is 0 Å². The lowest BCUT2D eigenvalue weighted by Crippen LogP contribution is -2.35. The maximum absolute atomic E-state index is 10.8. The standard InChI is InChI=1S/C6H8O5/c1-2-10-5(9)6(3-11-6)4(7)8/h2-3H2,1H3,(H,7,8). The van der Waals surface area contributed by atoms with E-state index in [4.69, 9.17) is 5.11 Å². The first-order chi connectivity index (χ1) is 5.13. The summed E-state index contributed by atoms with van der Waals surface area (Å²) < 4.78 is 8.98. The lowest BCUT2D eigenvalue weighted by atomic mass is 10.2. The minimum Gasteiger partial charge on any atom is -0.479 e. The third kappa shape index (κ3) is 1.19. The highest BCUT2D eigenvalue weighted by Gasteiger charge is 2.61. The van der Waals surface area contributed by atoms with E-state index in [1.54, 1.807) is 6.92 Å². The molecule has 1 N–H and O–H groups in total. The molecule has 0 spiro atoms. The number of hydrogen-bond donors (Lipinski definition) is 1. The Hall–Kier alpha value is -1.10. The quantitative estimate of drug-likeness (QED) is 0.339. The molecule has 0 amide bonds. The number of carboxylic acid groups (broad SMARTS) is 1. The molecule has 0 saturated carbocycles. The number of ether oxygens (including phenoxy) is 2. The SMILES string of the molecule is CCOC(=O)C1(C(=O)O)CO1. The average Bonchev–Trinajstić information content (AvgIpc) is 2.66. The maximum Gasteiger partial charge on any atom is 0.352 e. The van der Waals surface area contributed by atoms with Gasteiger partial charge in [0.1, 0.15) is 6.61 Å². The number of esters is 1.